The highest BCUT2D eigenvalue weighted by atomic mass is 32.2. The number of hydrogen-bond acceptors (Lipinski definition) is 5. The number of benzene rings is 2. The smallest absolute Gasteiger partial charge is 0.236 e. The Morgan fingerprint density at radius 3 is 2.29 bits per heavy atom. The summed E-state index contributed by atoms with van der Waals surface area (Å²) in [5.41, 5.74) is 3.64. The number of para-hydroxylation sites is 1. The van der Waals surface area contributed by atoms with Gasteiger partial charge in [-0.15, -0.1) is 0 Å². The summed E-state index contributed by atoms with van der Waals surface area (Å²) in [5.74, 6) is 0.874. The van der Waals surface area contributed by atoms with E-state index in [-0.39, 0.29) is 11.2 Å². The highest BCUT2D eigenvalue weighted by molar-refractivity contribution is 8.00. The van der Waals surface area contributed by atoms with Crippen LogP contribution in [0.25, 0.3) is 28.1 Å². The molecular weight excluding hydrogens is 454 g/mol. The molecule has 0 N–H and O–H groups in total. The fraction of sp³-hybridized carbons (Fsp3) is 0.357. The molecule has 3 heterocycles. The normalized spacial score (nSPS) is 14.9. The molecule has 1 fully saturated rings. The van der Waals surface area contributed by atoms with Crippen LogP contribution < -0.4 is 0 Å². The average molecular weight is 486 g/mol. The van der Waals surface area contributed by atoms with Gasteiger partial charge in [-0.25, -0.2) is 14.6 Å². The lowest BCUT2D eigenvalue weighted by atomic mass is 10.1. The second kappa shape index (κ2) is 10.6. The van der Waals surface area contributed by atoms with Gasteiger partial charge < -0.3 is 4.90 Å². The van der Waals surface area contributed by atoms with Gasteiger partial charge in [0.15, 0.2) is 11.5 Å². The molecule has 0 radical (unpaired) electrons. The number of nitrogens with zero attached hydrogens (tertiary/aromatic N) is 5. The lowest BCUT2D eigenvalue weighted by molar-refractivity contribution is -0.131. The Labute approximate surface area is 210 Å². The Kier molecular flexibility index (Phi) is 7.13. The topological polar surface area (TPSA) is 63.9 Å². The number of thioether (sulfide) groups is 1. The quantitative estimate of drug-likeness (QED) is 0.240. The maximum atomic E-state index is 13.4. The van der Waals surface area contributed by atoms with Crippen LogP contribution >= 0.6 is 11.8 Å². The number of rotatable bonds is 7. The predicted octanol–water partition coefficient (Wildman–Crippen LogP) is 5.93. The van der Waals surface area contributed by atoms with E-state index in [1.54, 1.807) is 11.8 Å². The van der Waals surface area contributed by atoms with E-state index in [1.165, 1.54) is 6.42 Å². The van der Waals surface area contributed by atoms with Gasteiger partial charge in [0.1, 0.15) is 5.03 Å². The van der Waals surface area contributed by atoms with E-state index in [1.807, 2.05) is 70.2 Å². The summed E-state index contributed by atoms with van der Waals surface area (Å²) in [6.45, 7) is 5.91. The van der Waals surface area contributed by atoms with Crippen LogP contribution in [0, 0.1) is 0 Å². The molecule has 0 bridgehead atoms. The Morgan fingerprint density at radius 2 is 1.63 bits per heavy atom. The maximum absolute atomic E-state index is 13.4. The van der Waals surface area contributed by atoms with Crippen molar-refractivity contribution in [1.29, 1.82) is 0 Å². The van der Waals surface area contributed by atoms with E-state index in [0.29, 0.717) is 5.82 Å². The van der Waals surface area contributed by atoms with E-state index >= 15 is 0 Å². The monoisotopic (exact) mass is 485 g/mol. The minimum Gasteiger partial charge on any atom is -0.342 e. The van der Waals surface area contributed by atoms with Crippen molar-refractivity contribution in [3.63, 3.8) is 0 Å². The first-order chi connectivity index (χ1) is 17.2. The summed E-state index contributed by atoms with van der Waals surface area (Å²) in [5, 5.41) is 6.55. The third-order valence-electron chi connectivity index (χ3n) is 6.50. The first kappa shape index (κ1) is 23.5. The standard InChI is InChI=1S/C28H31N5OS/c1-3-22-24-26(33(31-22)21-16-10-6-11-17-21)29-25(20-14-8-5-9-15-20)30-27(24)35-23(4-2)28(34)32-18-12-7-13-19-32/h5-6,8-11,14-17,23H,3-4,7,12-13,18-19H2,1-2H3. The molecule has 1 aliphatic rings. The van der Waals surface area contributed by atoms with Gasteiger partial charge >= 0.3 is 0 Å². The summed E-state index contributed by atoms with van der Waals surface area (Å²) in [4.78, 5) is 25.5. The summed E-state index contributed by atoms with van der Waals surface area (Å²) < 4.78 is 1.92. The lowest BCUT2D eigenvalue weighted by Crippen LogP contribution is -2.40. The summed E-state index contributed by atoms with van der Waals surface area (Å²) >= 11 is 1.57. The van der Waals surface area contributed by atoms with E-state index < -0.39 is 0 Å². The largest absolute Gasteiger partial charge is 0.342 e. The van der Waals surface area contributed by atoms with Crippen molar-refractivity contribution < 1.29 is 4.79 Å². The van der Waals surface area contributed by atoms with Crippen molar-refractivity contribution in [3.8, 4) is 17.1 Å². The number of piperidine rings is 1. The maximum Gasteiger partial charge on any atom is 0.236 e. The SMILES string of the molecule is CCc1nn(-c2ccccc2)c2nc(-c3ccccc3)nc(SC(CC)C(=O)N3CCCCC3)c12. The molecule has 1 aliphatic heterocycles. The highest BCUT2D eigenvalue weighted by Gasteiger charge is 2.28. The molecule has 0 saturated carbocycles. The van der Waals surface area contributed by atoms with E-state index in [9.17, 15) is 4.79 Å². The Bertz CT molecular complexity index is 1300. The van der Waals surface area contributed by atoms with Crippen LogP contribution in [0.1, 0.15) is 45.2 Å². The number of aryl methyl sites for hydroxylation is 1. The van der Waals surface area contributed by atoms with Crippen molar-refractivity contribution in [2.24, 2.45) is 0 Å². The molecule has 35 heavy (non-hydrogen) atoms. The van der Waals surface area contributed by atoms with Gasteiger partial charge in [0, 0.05) is 18.7 Å². The molecule has 2 aromatic heterocycles. The van der Waals surface area contributed by atoms with Crippen LogP contribution in [0.15, 0.2) is 65.7 Å². The van der Waals surface area contributed by atoms with Crippen molar-refractivity contribution in [1.82, 2.24) is 24.6 Å². The van der Waals surface area contributed by atoms with E-state index in [4.69, 9.17) is 15.1 Å². The van der Waals surface area contributed by atoms with Crippen molar-refractivity contribution >= 4 is 28.7 Å². The molecule has 1 atom stereocenters. The highest BCUT2D eigenvalue weighted by Crippen LogP contribution is 2.36. The number of likely N-dealkylation sites (tertiary alicyclic amines) is 1. The minimum atomic E-state index is -0.181. The molecule has 180 valence electrons. The van der Waals surface area contributed by atoms with Gasteiger partial charge in [-0.2, -0.15) is 5.10 Å². The van der Waals surface area contributed by atoms with Crippen LogP contribution in [0.5, 0.6) is 0 Å². The minimum absolute atomic E-state index is 0.181. The molecule has 7 heteroatoms. The first-order valence-electron chi connectivity index (χ1n) is 12.6. The van der Waals surface area contributed by atoms with Gasteiger partial charge in [-0.3, -0.25) is 4.79 Å². The molecule has 0 aliphatic carbocycles. The molecule has 1 amide bonds. The fourth-order valence-electron chi connectivity index (χ4n) is 4.61. The third kappa shape index (κ3) is 4.82. The number of carbonyl (C=O) groups is 1. The number of carbonyl (C=O) groups excluding carboxylic acids is 1. The molecule has 0 spiro atoms. The van der Waals surface area contributed by atoms with Gasteiger partial charge in [0.2, 0.25) is 5.91 Å². The number of amides is 1. The van der Waals surface area contributed by atoms with Gasteiger partial charge in [0.05, 0.1) is 22.0 Å². The molecule has 1 unspecified atom stereocenters. The fourth-order valence-corrected chi connectivity index (χ4v) is 5.76. The summed E-state index contributed by atoms with van der Waals surface area (Å²) in [6.07, 6.45) is 4.90. The third-order valence-corrected chi connectivity index (χ3v) is 7.84. The lowest BCUT2D eigenvalue weighted by Gasteiger charge is -2.29. The van der Waals surface area contributed by atoms with Crippen LogP contribution in [-0.4, -0.2) is 48.9 Å². The van der Waals surface area contributed by atoms with Crippen LogP contribution in [-0.2, 0) is 11.2 Å². The van der Waals surface area contributed by atoms with Crippen molar-refractivity contribution in [2.75, 3.05) is 13.1 Å². The molecule has 1 saturated heterocycles. The Balaban J connectivity index is 1.65. The Hall–Kier alpha value is -3.19. The molecule has 6 nitrogen and oxygen atoms in total. The van der Waals surface area contributed by atoms with Crippen molar-refractivity contribution in [2.45, 2.75) is 56.2 Å². The summed E-state index contributed by atoms with van der Waals surface area (Å²) in [7, 11) is 0. The van der Waals surface area contributed by atoms with E-state index in [2.05, 4.69) is 13.8 Å². The number of hydrogen-bond donors (Lipinski definition) is 0. The zero-order chi connectivity index (χ0) is 24.2. The van der Waals surface area contributed by atoms with Crippen molar-refractivity contribution in [3.05, 3.63) is 66.4 Å². The zero-order valence-electron chi connectivity index (χ0n) is 20.4. The second-order valence-electron chi connectivity index (χ2n) is 8.87. The zero-order valence-corrected chi connectivity index (χ0v) is 21.2. The number of aromatic nitrogens is 4. The van der Waals surface area contributed by atoms with Crippen LogP contribution in [0.4, 0.5) is 0 Å². The van der Waals surface area contributed by atoms with Gasteiger partial charge in [0.25, 0.3) is 0 Å². The molecule has 5 rings (SSSR count). The van der Waals surface area contributed by atoms with Gasteiger partial charge in [-0.05, 0) is 44.2 Å². The van der Waals surface area contributed by atoms with Gasteiger partial charge in [-0.1, -0.05) is 74.1 Å². The van der Waals surface area contributed by atoms with Crippen LogP contribution in [0.3, 0.4) is 0 Å². The Morgan fingerprint density at radius 1 is 0.943 bits per heavy atom. The molecule has 2 aromatic carbocycles. The molecular formula is C28H31N5OS. The van der Waals surface area contributed by atoms with E-state index in [0.717, 1.165) is 71.8 Å². The second-order valence-corrected chi connectivity index (χ2v) is 10.1. The van der Waals surface area contributed by atoms with Crippen LogP contribution in [0.2, 0.25) is 0 Å². The average Bonchev–Trinajstić information content (AvgIpc) is 3.31. The summed E-state index contributed by atoms with van der Waals surface area (Å²) in [6, 6.07) is 20.1. The number of fused-ring (bicyclic) bond motifs is 1. The predicted molar refractivity (Wildman–Crippen MR) is 142 cm³/mol. The molecule has 4 aromatic rings. The first-order valence-corrected chi connectivity index (χ1v) is 13.4.